The fourth-order valence-corrected chi connectivity index (χ4v) is 5.49. The number of aromatic amines is 1. The quantitative estimate of drug-likeness (QED) is 0.0497. The van der Waals surface area contributed by atoms with Crippen molar-refractivity contribution in [3.05, 3.63) is 76.2 Å². The number of H-pyrrole nitrogens is 1. The average Bonchev–Trinajstić information content (AvgIpc) is 3.16. The number of aromatic nitrogens is 4. The molecule has 0 spiro atoms. The topological polar surface area (TPSA) is 274 Å². The summed E-state index contributed by atoms with van der Waals surface area (Å²) >= 11 is 0. The van der Waals surface area contributed by atoms with E-state index in [2.05, 4.69) is 34.8 Å². The Balaban J connectivity index is 0.000000347. The molecule has 2 heterocycles. The number of nitrogens with zero attached hydrogens (tertiary/aromatic N) is 3. The summed E-state index contributed by atoms with van der Waals surface area (Å²) in [5.41, 5.74) is -18.7. The predicted molar refractivity (Wildman–Crippen MR) is 194 cm³/mol. The zero-order chi connectivity index (χ0) is 48.9. The third-order valence-electron chi connectivity index (χ3n) is 6.39. The summed E-state index contributed by atoms with van der Waals surface area (Å²) in [6.07, 6.45) is 0. The maximum atomic E-state index is 13.9. The number of anilines is 4. The Morgan fingerprint density at radius 3 is 1.44 bits per heavy atom. The van der Waals surface area contributed by atoms with E-state index in [0.717, 1.165) is 6.92 Å². The van der Waals surface area contributed by atoms with Crippen molar-refractivity contribution in [3.8, 4) is 23.3 Å². The lowest BCUT2D eigenvalue weighted by Crippen LogP contribution is -2.34. The van der Waals surface area contributed by atoms with E-state index in [1.54, 1.807) is 43.5 Å². The van der Waals surface area contributed by atoms with Gasteiger partial charge in [-0.05, 0) is 55.5 Å². The zero-order valence-electron chi connectivity index (χ0n) is 31.9. The molecule has 0 atom stereocenters. The fourth-order valence-electron chi connectivity index (χ4n) is 3.52. The molecule has 64 heavy (non-hydrogen) atoms. The third kappa shape index (κ3) is 16.4. The first kappa shape index (κ1) is 54.3. The molecule has 4 aromatic rings. The van der Waals surface area contributed by atoms with E-state index >= 15 is 0 Å². The summed E-state index contributed by atoms with van der Waals surface area (Å²) in [5.74, 6) is -4.32. The van der Waals surface area contributed by atoms with Crippen LogP contribution in [0.3, 0.4) is 0 Å². The van der Waals surface area contributed by atoms with Gasteiger partial charge >= 0.3 is 46.9 Å². The monoisotopic (exact) mass is 1000 g/mol. The van der Waals surface area contributed by atoms with Gasteiger partial charge in [0.15, 0.2) is 0 Å². The van der Waals surface area contributed by atoms with Gasteiger partial charge in [-0.25, -0.2) is 4.98 Å². The lowest BCUT2D eigenvalue weighted by Gasteiger charge is -2.12. The molecule has 4 rings (SSSR count). The molecule has 0 aliphatic heterocycles. The minimum Gasteiger partial charge on any atom is -0.491 e. The smallest absolute Gasteiger partial charge is 0.491 e. The van der Waals surface area contributed by atoms with Crippen LogP contribution in [0.15, 0.2) is 53.3 Å². The van der Waals surface area contributed by atoms with Crippen LogP contribution in [-0.4, -0.2) is 107 Å². The van der Waals surface area contributed by atoms with E-state index < -0.39 is 81.5 Å². The van der Waals surface area contributed by atoms with Crippen LogP contribution in [0.1, 0.15) is 5.69 Å². The van der Waals surface area contributed by atoms with Gasteiger partial charge in [0.1, 0.15) is 24.7 Å². The van der Waals surface area contributed by atoms with Gasteiger partial charge in [0.25, 0.3) is 17.3 Å². The minimum atomic E-state index is -6.85. The number of benzene rings is 2. The fraction of sp³-hybridized carbons (Fsp3) is 0.333. The SMILES string of the molecule is COCCOc1ccc(Nc2nc(C)c(F)c(OS(=O)(=O)C(F)(F)F)n2)cc1.COCCOc1ccc(Nc2nc(O)c(F)c(=O)[nH]2)cc1.O=S(=O)(OS(=O)(=O)C(F)(F)F)C(F)(F)F. The van der Waals surface area contributed by atoms with Crippen molar-refractivity contribution in [1.82, 2.24) is 19.9 Å². The van der Waals surface area contributed by atoms with Crippen LogP contribution < -0.4 is 29.8 Å². The number of aryl methyl sites for hydroxylation is 1. The van der Waals surface area contributed by atoms with Crippen LogP contribution >= 0.6 is 0 Å². The number of alkyl halides is 9. The second-order valence-corrected chi connectivity index (χ2v) is 16.0. The zero-order valence-corrected chi connectivity index (χ0v) is 34.4. The molecule has 0 saturated heterocycles. The summed E-state index contributed by atoms with van der Waals surface area (Å²) in [6, 6.07) is 13.0. The number of aromatic hydroxyl groups is 1. The van der Waals surface area contributed by atoms with Gasteiger partial charge in [-0.15, -0.1) is 3.63 Å². The van der Waals surface area contributed by atoms with E-state index in [1.165, 1.54) is 19.2 Å². The Bertz CT molecular complexity index is 2520. The molecule has 4 N–H and O–H groups in total. The number of hydrogen-bond donors (Lipinski definition) is 4. The number of hydrogen-bond acceptors (Lipinski definition) is 19. The van der Waals surface area contributed by atoms with Crippen molar-refractivity contribution in [1.29, 1.82) is 0 Å². The van der Waals surface area contributed by atoms with Crippen LogP contribution in [0.25, 0.3) is 0 Å². The Morgan fingerprint density at radius 1 is 0.625 bits per heavy atom. The lowest BCUT2D eigenvalue weighted by molar-refractivity contribution is -0.0586. The molecule has 0 aliphatic rings. The molecule has 2 aromatic carbocycles. The molecule has 0 bridgehead atoms. The Morgan fingerprint density at radius 2 is 1.05 bits per heavy atom. The Kier molecular flexibility index (Phi) is 18.8. The van der Waals surface area contributed by atoms with Gasteiger partial charge in [-0.3, -0.25) is 9.78 Å². The molecule has 358 valence electrons. The standard InChI is InChI=1S/C15H15F4N3O5S.C13H14FN3O4.C2F6O5S2/c1-9-12(16)13(27-28(23,24)15(17,18)19)22-14(20-9)21-10-3-5-11(6-4-10)26-8-7-25-2;1-20-6-7-21-9-4-2-8(3-5-9)15-13-16-11(18)10(14)12(19)17-13;3-1(4,5)14(9,10)13-15(11,12)2(6,7)8/h3-6H,7-8H2,1-2H3,(H,20,21,22);2-5H,6-7H2,1H3,(H3,15,16,17,18,19);. The average molecular weight is 1000 g/mol. The lowest BCUT2D eigenvalue weighted by atomic mass is 10.3. The first-order valence-corrected chi connectivity index (χ1v) is 20.4. The highest BCUT2D eigenvalue weighted by molar-refractivity contribution is 8.00. The van der Waals surface area contributed by atoms with Gasteiger partial charge < -0.3 is 38.9 Å². The first-order valence-electron chi connectivity index (χ1n) is 16.2. The largest absolute Gasteiger partial charge is 0.534 e. The van der Waals surface area contributed by atoms with Crippen LogP contribution in [-0.2, 0) is 43.5 Å². The highest BCUT2D eigenvalue weighted by Gasteiger charge is 2.57. The second-order valence-electron chi connectivity index (χ2n) is 11.1. The first-order chi connectivity index (χ1) is 29.3. The van der Waals surface area contributed by atoms with Crippen molar-refractivity contribution in [2.75, 3.05) is 51.3 Å². The molecule has 0 amide bonds. The van der Waals surface area contributed by atoms with E-state index in [0.29, 0.717) is 49.3 Å². The van der Waals surface area contributed by atoms with Gasteiger partial charge in [0.2, 0.25) is 23.5 Å². The molecule has 0 saturated carbocycles. The molecular weight excluding hydrogens is 974 g/mol. The molecular formula is C30H29F11N6O14S3. The van der Waals surface area contributed by atoms with Gasteiger partial charge in [-0.1, -0.05) is 0 Å². The maximum Gasteiger partial charge on any atom is 0.534 e. The van der Waals surface area contributed by atoms with E-state index in [4.69, 9.17) is 24.1 Å². The Labute approximate surface area is 352 Å². The highest BCUT2D eigenvalue weighted by atomic mass is 32.3. The van der Waals surface area contributed by atoms with Gasteiger partial charge in [0, 0.05) is 25.6 Å². The van der Waals surface area contributed by atoms with Gasteiger partial charge in [0.05, 0.1) is 18.9 Å². The predicted octanol–water partition coefficient (Wildman–Crippen LogP) is 5.01. The van der Waals surface area contributed by atoms with E-state index in [1.807, 2.05) is 3.63 Å². The third-order valence-corrected chi connectivity index (χ3v) is 9.90. The normalized spacial score (nSPS) is 12.2. The summed E-state index contributed by atoms with van der Waals surface area (Å²) < 4.78 is 221. The van der Waals surface area contributed by atoms with Crippen LogP contribution in [0.5, 0.6) is 23.3 Å². The number of ether oxygens (including phenoxy) is 4. The summed E-state index contributed by atoms with van der Waals surface area (Å²) in [4.78, 5) is 23.9. The van der Waals surface area contributed by atoms with Crippen molar-refractivity contribution in [2.45, 2.75) is 23.4 Å². The molecule has 20 nitrogen and oxygen atoms in total. The Hall–Kier alpha value is -5.84. The number of halogens is 11. The molecule has 34 heteroatoms. The summed E-state index contributed by atoms with van der Waals surface area (Å²) in [7, 11) is -16.7. The van der Waals surface area contributed by atoms with Crippen LogP contribution in [0.4, 0.5) is 71.6 Å². The summed E-state index contributed by atoms with van der Waals surface area (Å²) in [6.45, 7) is 2.76. The van der Waals surface area contributed by atoms with E-state index in [9.17, 15) is 78.3 Å². The van der Waals surface area contributed by atoms with Crippen molar-refractivity contribution < 1.29 is 105 Å². The summed E-state index contributed by atoms with van der Waals surface area (Å²) in [5, 5.41) is 14.5. The van der Waals surface area contributed by atoms with Crippen LogP contribution in [0.2, 0.25) is 0 Å². The maximum absolute atomic E-state index is 13.9. The van der Waals surface area contributed by atoms with Crippen molar-refractivity contribution in [3.63, 3.8) is 0 Å². The van der Waals surface area contributed by atoms with Gasteiger partial charge in [-0.2, -0.15) is 83.5 Å². The van der Waals surface area contributed by atoms with E-state index in [-0.39, 0.29) is 11.9 Å². The van der Waals surface area contributed by atoms with Crippen molar-refractivity contribution in [2.24, 2.45) is 0 Å². The highest BCUT2D eigenvalue weighted by Crippen LogP contribution is 2.33. The van der Waals surface area contributed by atoms with Crippen LogP contribution in [0, 0.1) is 18.6 Å². The molecule has 2 aromatic heterocycles. The van der Waals surface area contributed by atoms with Crippen molar-refractivity contribution >= 4 is 53.6 Å². The molecule has 0 radical (unpaired) electrons. The number of rotatable bonds is 16. The number of nitrogens with one attached hydrogen (secondary N) is 3. The minimum absolute atomic E-state index is 0.0630. The number of methoxy groups -OCH3 is 2. The molecule has 0 aliphatic carbocycles. The molecule has 0 unspecified atom stereocenters. The molecule has 0 fully saturated rings. The second kappa shape index (κ2) is 22.2.